The van der Waals surface area contributed by atoms with Crippen molar-refractivity contribution in [2.45, 2.75) is 39.5 Å². The Morgan fingerprint density at radius 2 is 2.08 bits per heavy atom. The third kappa shape index (κ3) is 6.58. The maximum Gasteiger partial charge on any atom is 0.216 e. The van der Waals surface area contributed by atoms with Gasteiger partial charge in [0.25, 0.3) is 0 Å². The standard InChI is InChI=1S/C16H28N4O3S2/c1-4-17-16(19-9-15-5-7-24-12-15)18-6-8-25(21,22)20-10-13(2)23-14(3)11-20/h5,7,12-14H,4,6,8-11H2,1-3H3,(H2,17,18,19). The van der Waals surface area contributed by atoms with E-state index in [2.05, 4.69) is 21.0 Å². The molecule has 142 valence electrons. The molecular formula is C16H28N4O3S2. The van der Waals surface area contributed by atoms with Crippen molar-refractivity contribution in [1.82, 2.24) is 14.9 Å². The third-order valence-electron chi connectivity index (χ3n) is 3.78. The van der Waals surface area contributed by atoms with Gasteiger partial charge in [0, 0.05) is 26.2 Å². The summed E-state index contributed by atoms with van der Waals surface area (Å²) in [5.74, 6) is 0.669. The second kappa shape index (κ2) is 9.51. The van der Waals surface area contributed by atoms with Gasteiger partial charge in [0.1, 0.15) is 0 Å². The zero-order chi connectivity index (χ0) is 18.3. The molecule has 1 aliphatic rings. The number of thiophene rings is 1. The first-order valence-electron chi connectivity index (χ1n) is 8.57. The SMILES string of the molecule is CCNC(=NCc1ccsc1)NCCS(=O)(=O)N1CC(C)OC(C)C1. The zero-order valence-corrected chi connectivity index (χ0v) is 16.7. The molecule has 0 saturated carbocycles. The van der Waals surface area contributed by atoms with E-state index >= 15 is 0 Å². The maximum atomic E-state index is 12.5. The van der Waals surface area contributed by atoms with Crippen LogP contribution in [-0.2, 0) is 21.3 Å². The van der Waals surface area contributed by atoms with Crippen LogP contribution in [0.5, 0.6) is 0 Å². The number of nitrogens with zero attached hydrogens (tertiary/aromatic N) is 2. The number of sulfonamides is 1. The number of aliphatic imine (C=N–C) groups is 1. The Balaban J connectivity index is 1.86. The average Bonchev–Trinajstić information content (AvgIpc) is 3.05. The third-order valence-corrected chi connectivity index (χ3v) is 6.31. The molecular weight excluding hydrogens is 360 g/mol. The topological polar surface area (TPSA) is 83.0 Å². The minimum absolute atomic E-state index is 0.0370. The summed E-state index contributed by atoms with van der Waals surface area (Å²) in [5, 5.41) is 10.3. The predicted molar refractivity (Wildman–Crippen MR) is 103 cm³/mol. The van der Waals surface area contributed by atoms with E-state index in [0.29, 0.717) is 32.1 Å². The van der Waals surface area contributed by atoms with Crippen LogP contribution in [0.3, 0.4) is 0 Å². The van der Waals surface area contributed by atoms with Crippen LogP contribution in [0.1, 0.15) is 26.3 Å². The molecule has 1 aromatic heterocycles. The summed E-state index contributed by atoms with van der Waals surface area (Å²) in [6.07, 6.45) is -0.146. The Bertz CT molecular complexity index is 636. The molecule has 1 aromatic rings. The van der Waals surface area contributed by atoms with E-state index in [1.165, 1.54) is 4.31 Å². The number of nitrogens with one attached hydrogen (secondary N) is 2. The van der Waals surface area contributed by atoms with Crippen LogP contribution in [0.2, 0.25) is 0 Å². The Morgan fingerprint density at radius 1 is 1.36 bits per heavy atom. The summed E-state index contributed by atoms with van der Waals surface area (Å²) in [4.78, 5) is 4.48. The molecule has 0 aromatic carbocycles. The number of morpholine rings is 1. The van der Waals surface area contributed by atoms with Gasteiger partial charge in [0.2, 0.25) is 10.0 Å². The fourth-order valence-electron chi connectivity index (χ4n) is 2.68. The van der Waals surface area contributed by atoms with Crippen LogP contribution < -0.4 is 10.6 Å². The molecule has 0 spiro atoms. The van der Waals surface area contributed by atoms with E-state index in [1.54, 1.807) is 11.3 Å². The molecule has 2 rings (SSSR count). The van der Waals surface area contributed by atoms with Gasteiger partial charge in [0.15, 0.2) is 5.96 Å². The van der Waals surface area contributed by atoms with Gasteiger partial charge in [-0.3, -0.25) is 0 Å². The lowest BCUT2D eigenvalue weighted by molar-refractivity contribution is -0.0440. The molecule has 1 saturated heterocycles. The second-order valence-corrected chi connectivity index (χ2v) is 9.01. The first kappa shape index (κ1) is 20.2. The summed E-state index contributed by atoms with van der Waals surface area (Å²) in [6.45, 7) is 8.23. The minimum atomic E-state index is -3.31. The van der Waals surface area contributed by atoms with E-state index in [-0.39, 0.29) is 18.0 Å². The summed E-state index contributed by atoms with van der Waals surface area (Å²) in [7, 11) is -3.31. The molecule has 1 aliphatic heterocycles. The van der Waals surface area contributed by atoms with Gasteiger partial charge >= 0.3 is 0 Å². The highest BCUT2D eigenvalue weighted by atomic mass is 32.2. The van der Waals surface area contributed by atoms with Crippen LogP contribution in [0.25, 0.3) is 0 Å². The molecule has 2 N–H and O–H groups in total. The highest BCUT2D eigenvalue weighted by molar-refractivity contribution is 7.89. The minimum Gasteiger partial charge on any atom is -0.373 e. The van der Waals surface area contributed by atoms with Crippen LogP contribution in [0, 0.1) is 0 Å². The lowest BCUT2D eigenvalue weighted by atomic mass is 10.3. The molecule has 0 aliphatic carbocycles. The molecule has 0 amide bonds. The van der Waals surface area contributed by atoms with Gasteiger partial charge in [-0.25, -0.2) is 13.4 Å². The van der Waals surface area contributed by atoms with E-state index in [9.17, 15) is 8.42 Å². The van der Waals surface area contributed by atoms with Crippen molar-refractivity contribution < 1.29 is 13.2 Å². The predicted octanol–water partition coefficient (Wildman–Crippen LogP) is 1.24. The van der Waals surface area contributed by atoms with Crippen molar-refractivity contribution in [2.75, 3.05) is 31.9 Å². The van der Waals surface area contributed by atoms with Crippen molar-refractivity contribution in [3.05, 3.63) is 22.4 Å². The highest BCUT2D eigenvalue weighted by Crippen LogP contribution is 2.14. The van der Waals surface area contributed by atoms with Crippen LogP contribution in [0.15, 0.2) is 21.8 Å². The van der Waals surface area contributed by atoms with E-state index in [4.69, 9.17) is 4.74 Å². The van der Waals surface area contributed by atoms with Crippen molar-refractivity contribution >= 4 is 27.3 Å². The molecule has 0 bridgehead atoms. The normalized spacial score (nSPS) is 22.8. The Hall–Kier alpha value is -1.16. The van der Waals surface area contributed by atoms with Crippen LogP contribution in [0.4, 0.5) is 0 Å². The average molecular weight is 389 g/mol. The Kier molecular flexibility index (Phi) is 7.67. The summed E-state index contributed by atoms with van der Waals surface area (Å²) in [6, 6.07) is 2.03. The number of rotatable bonds is 7. The molecule has 0 radical (unpaired) electrons. The molecule has 2 unspecified atom stereocenters. The quantitative estimate of drug-likeness (QED) is 0.542. The van der Waals surface area contributed by atoms with Crippen molar-refractivity contribution in [3.63, 3.8) is 0 Å². The van der Waals surface area contributed by atoms with Gasteiger partial charge in [-0.05, 0) is 43.2 Å². The summed E-state index contributed by atoms with van der Waals surface area (Å²) < 4.78 is 32.2. The van der Waals surface area contributed by atoms with Crippen molar-refractivity contribution in [1.29, 1.82) is 0 Å². The van der Waals surface area contributed by atoms with Gasteiger partial charge in [0.05, 0.1) is 24.5 Å². The van der Waals surface area contributed by atoms with E-state index in [1.807, 2.05) is 32.2 Å². The molecule has 9 heteroatoms. The lowest BCUT2D eigenvalue weighted by Gasteiger charge is -2.34. The van der Waals surface area contributed by atoms with E-state index in [0.717, 1.165) is 12.1 Å². The van der Waals surface area contributed by atoms with Crippen molar-refractivity contribution in [2.24, 2.45) is 4.99 Å². The first-order valence-corrected chi connectivity index (χ1v) is 11.1. The van der Waals surface area contributed by atoms with Crippen molar-refractivity contribution in [3.8, 4) is 0 Å². The van der Waals surface area contributed by atoms with Gasteiger partial charge in [-0.2, -0.15) is 15.6 Å². The molecule has 25 heavy (non-hydrogen) atoms. The highest BCUT2D eigenvalue weighted by Gasteiger charge is 2.30. The fourth-order valence-corrected chi connectivity index (χ4v) is 4.83. The largest absolute Gasteiger partial charge is 0.373 e. The van der Waals surface area contributed by atoms with Crippen LogP contribution in [-0.4, -0.2) is 62.8 Å². The molecule has 2 atom stereocenters. The second-order valence-electron chi connectivity index (χ2n) is 6.14. The summed E-state index contributed by atoms with van der Waals surface area (Å²) >= 11 is 1.64. The lowest BCUT2D eigenvalue weighted by Crippen LogP contribution is -2.50. The zero-order valence-electron chi connectivity index (χ0n) is 15.1. The number of hydrogen-bond donors (Lipinski definition) is 2. The van der Waals surface area contributed by atoms with Gasteiger partial charge in [-0.15, -0.1) is 0 Å². The fraction of sp³-hybridized carbons (Fsp3) is 0.688. The monoisotopic (exact) mass is 388 g/mol. The molecule has 7 nitrogen and oxygen atoms in total. The van der Waals surface area contributed by atoms with E-state index < -0.39 is 10.0 Å². The summed E-state index contributed by atoms with van der Waals surface area (Å²) in [5.41, 5.74) is 1.14. The number of guanidine groups is 1. The Morgan fingerprint density at radius 3 is 2.68 bits per heavy atom. The van der Waals surface area contributed by atoms with Gasteiger partial charge < -0.3 is 15.4 Å². The van der Waals surface area contributed by atoms with Gasteiger partial charge in [-0.1, -0.05) is 0 Å². The maximum absolute atomic E-state index is 12.5. The molecule has 1 fully saturated rings. The smallest absolute Gasteiger partial charge is 0.216 e. The van der Waals surface area contributed by atoms with Crippen LogP contribution >= 0.6 is 11.3 Å². The number of hydrogen-bond acceptors (Lipinski definition) is 5. The first-order chi connectivity index (χ1) is 11.9. The Labute approximate surface area is 154 Å². The molecule has 2 heterocycles. The number of ether oxygens (including phenoxy) is 1.